The standard InChI is InChI=1S/C10H11NO/c1-7-4-3-5-9-6-12-8(2)11-10(7)9/h3-5H,6H2,1-2H3. The van der Waals surface area contributed by atoms with Crippen LogP contribution in [0.3, 0.4) is 0 Å². The maximum absolute atomic E-state index is 5.31. The molecule has 2 rings (SSSR count). The first-order valence-electron chi connectivity index (χ1n) is 4.04. The van der Waals surface area contributed by atoms with Crippen LogP contribution in [0.15, 0.2) is 23.2 Å². The van der Waals surface area contributed by atoms with Crippen molar-refractivity contribution in [3.05, 3.63) is 29.3 Å². The highest BCUT2D eigenvalue weighted by Gasteiger charge is 2.10. The van der Waals surface area contributed by atoms with E-state index in [4.69, 9.17) is 4.74 Å². The van der Waals surface area contributed by atoms with Gasteiger partial charge in [0, 0.05) is 12.5 Å². The summed E-state index contributed by atoms with van der Waals surface area (Å²) in [4.78, 5) is 4.34. The van der Waals surface area contributed by atoms with E-state index in [1.54, 1.807) is 0 Å². The molecule has 0 N–H and O–H groups in total. The van der Waals surface area contributed by atoms with E-state index in [2.05, 4.69) is 24.0 Å². The first kappa shape index (κ1) is 7.35. The summed E-state index contributed by atoms with van der Waals surface area (Å²) in [5.41, 5.74) is 3.48. The van der Waals surface area contributed by atoms with Crippen LogP contribution >= 0.6 is 0 Å². The van der Waals surface area contributed by atoms with E-state index in [0.717, 1.165) is 11.6 Å². The summed E-state index contributed by atoms with van der Waals surface area (Å²) in [5, 5.41) is 0. The fraction of sp³-hybridized carbons (Fsp3) is 0.300. The highest BCUT2D eigenvalue weighted by molar-refractivity contribution is 5.79. The number of benzene rings is 1. The van der Waals surface area contributed by atoms with Crippen LogP contribution in [0.4, 0.5) is 5.69 Å². The van der Waals surface area contributed by atoms with Crippen LogP contribution in [0.25, 0.3) is 0 Å². The lowest BCUT2D eigenvalue weighted by Gasteiger charge is -2.15. The van der Waals surface area contributed by atoms with E-state index in [1.807, 2.05) is 13.0 Å². The van der Waals surface area contributed by atoms with Gasteiger partial charge in [0.15, 0.2) is 5.90 Å². The van der Waals surface area contributed by atoms with Crippen molar-refractivity contribution in [1.29, 1.82) is 0 Å². The number of hydrogen-bond acceptors (Lipinski definition) is 2. The molecule has 0 amide bonds. The third-order valence-corrected chi connectivity index (χ3v) is 2.03. The molecule has 0 saturated carbocycles. The zero-order chi connectivity index (χ0) is 8.55. The fourth-order valence-corrected chi connectivity index (χ4v) is 1.37. The minimum Gasteiger partial charge on any atom is -0.476 e. The summed E-state index contributed by atoms with van der Waals surface area (Å²) in [7, 11) is 0. The largest absolute Gasteiger partial charge is 0.476 e. The average Bonchev–Trinajstić information content (AvgIpc) is 2.07. The van der Waals surface area contributed by atoms with Gasteiger partial charge in [-0.05, 0) is 12.5 Å². The van der Waals surface area contributed by atoms with Crippen molar-refractivity contribution >= 4 is 11.6 Å². The molecule has 0 saturated heterocycles. The Labute approximate surface area is 71.9 Å². The zero-order valence-corrected chi connectivity index (χ0v) is 7.29. The number of para-hydroxylation sites is 1. The highest BCUT2D eigenvalue weighted by Crippen LogP contribution is 2.27. The highest BCUT2D eigenvalue weighted by atomic mass is 16.5. The molecular weight excluding hydrogens is 150 g/mol. The van der Waals surface area contributed by atoms with E-state index in [1.165, 1.54) is 11.1 Å². The van der Waals surface area contributed by atoms with Crippen molar-refractivity contribution in [3.63, 3.8) is 0 Å². The van der Waals surface area contributed by atoms with Gasteiger partial charge in [-0.25, -0.2) is 4.99 Å². The summed E-state index contributed by atoms with van der Waals surface area (Å²) in [5.74, 6) is 0.761. The van der Waals surface area contributed by atoms with Gasteiger partial charge in [0.2, 0.25) is 0 Å². The maximum Gasteiger partial charge on any atom is 0.185 e. The van der Waals surface area contributed by atoms with Crippen LogP contribution in [0.1, 0.15) is 18.1 Å². The molecule has 1 aliphatic heterocycles. The Morgan fingerprint density at radius 1 is 1.33 bits per heavy atom. The molecule has 0 radical (unpaired) electrons. The molecule has 12 heavy (non-hydrogen) atoms. The summed E-state index contributed by atoms with van der Waals surface area (Å²) in [6, 6.07) is 6.16. The lowest BCUT2D eigenvalue weighted by atomic mass is 10.1. The minimum absolute atomic E-state index is 0.659. The van der Waals surface area contributed by atoms with Crippen LogP contribution in [0, 0.1) is 6.92 Å². The van der Waals surface area contributed by atoms with Gasteiger partial charge in [0.05, 0.1) is 5.69 Å². The summed E-state index contributed by atoms with van der Waals surface area (Å²) in [6.45, 7) is 4.61. The second-order valence-corrected chi connectivity index (χ2v) is 3.00. The van der Waals surface area contributed by atoms with Crippen LogP contribution < -0.4 is 0 Å². The van der Waals surface area contributed by atoms with Crippen LogP contribution in [0.2, 0.25) is 0 Å². The number of aliphatic imine (C=N–C) groups is 1. The molecule has 0 bridgehead atoms. The number of hydrogen-bond donors (Lipinski definition) is 0. The van der Waals surface area contributed by atoms with E-state index in [9.17, 15) is 0 Å². The monoisotopic (exact) mass is 161 g/mol. The fourth-order valence-electron chi connectivity index (χ4n) is 1.37. The lowest BCUT2D eigenvalue weighted by Crippen LogP contribution is -2.05. The number of rotatable bonds is 0. The molecule has 0 spiro atoms. The molecule has 1 heterocycles. The summed E-state index contributed by atoms with van der Waals surface area (Å²) < 4.78 is 5.31. The van der Waals surface area contributed by atoms with Crippen molar-refractivity contribution in [2.75, 3.05) is 0 Å². The Balaban J connectivity index is 2.59. The molecule has 1 aliphatic rings. The van der Waals surface area contributed by atoms with Crippen molar-refractivity contribution in [2.24, 2.45) is 4.99 Å². The van der Waals surface area contributed by atoms with E-state index in [0.29, 0.717) is 6.61 Å². The Morgan fingerprint density at radius 3 is 3.00 bits per heavy atom. The molecule has 0 aliphatic carbocycles. The molecule has 62 valence electrons. The zero-order valence-electron chi connectivity index (χ0n) is 7.29. The summed E-state index contributed by atoms with van der Waals surface area (Å²) >= 11 is 0. The van der Waals surface area contributed by atoms with Gasteiger partial charge >= 0.3 is 0 Å². The molecule has 0 aromatic heterocycles. The van der Waals surface area contributed by atoms with E-state index in [-0.39, 0.29) is 0 Å². The molecule has 0 unspecified atom stereocenters. The average molecular weight is 161 g/mol. The van der Waals surface area contributed by atoms with Gasteiger partial charge in [-0.2, -0.15) is 0 Å². The first-order valence-corrected chi connectivity index (χ1v) is 4.04. The molecule has 1 aromatic carbocycles. The second-order valence-electron chi connectivity index (χ2n) is 3.00. The molecule has 1 aromatic rings. The molecular formula is C10H11NO. The molecule has 0 atom stereocenters. The van der Waals surface area contributed by atoms with Crippen molar-refractivity contribution in [2.45, 2.75) is 20.5 Å². The number of nitrogens with zero attached hydrogens (tertiary/aromatic N) is 1. The smallest absolute Gasteiger partial charge is 0.185 e. The molecule has 0 fully saturated rings. The minimum atomic E-state index is 0.659. The topological polar surface area (TPSA) is 21.6 Å². The third-order valence-electron chi connectivity index (χ3n) is 2.03. The van der Waals surface area contributed by atoms with Crippen LogP contribution in [-0.4, -0.2) is 5.90 Å². The Morgan fingerprint density at radius 2 is 2.17 bits per heavy atom. The molecule has 2 nitrogen and oxygen atoms in total. The van der Waals surface area contributed by atoms with Crippen molar-refractivity contribution < 1.29 is 4.74 Å². The van der Waals surface area contributed by atoms with Crippen molar-refractivity contribution in [1.82, 2.24) is 0 Å². The van der Waals surface area contributed by atoms with Gasteiger partial charge in [-0.1, -0.05) is 18.2 Å². The van der Waals surface area contributed by atoms with Gasteiger partial charge in [0.1, 0.15) is 6.61 Å². The lowest BCUT2D eigenvalue weighted by molar-refractivity contribution is 0.284. The quantitative estimate of drug-likeness (QED) is 0.573. The van der Waals surface area contributed by atoms with Crippen LogP contribution in [-0.2, 0) is 11.3 Å². The number of ether oxygens (including phenoxy) is 1. The van der Waals surface area contributed by atoms with Crippen molar-refractivity contribution in [3.8, 4) is 0 Å². The van der Waals surface area contributed by atoms with Gasteiger partial charge in [-0.15, -0.1) is 0 Å². The predicted molar refractivity (Wildman–Crippen MR) is 48.7 cm³/mol. The normalized spacial score (nSPS) is 14.7. The first-order chi connectivity index (χ1) is 5.77. The summed E-state index contributed by atoms with van der Waals surface area (Å²) in [6.07, 6.45) is 0. The number of fused-ring (bicyclic) bond motifs is 1. The van der Waals surface area contributed by atoms with Crippen LogP contribution in [0.5, 0.6) is 0 Å². The van der Waals surface area contributed by atoms with Gasteiger partial charge in [0.25, 0.3) is 0 Å². The van der Waals surface area contributed by atoms with Gasteiger partial charge < -0.3 is 4.74 Å². The van der Waals surface area contributed by atoms with E-state index < -0.39 is 0 Å². The Kier molecular flexibility index (Phi) is 1.61. The number of aryl methyl sites for hydroxylation is 1. The maximum atomic E-state index is 5.31. The van der Waals surface area contributed by atoms with E-state index >= 15 is 0 Å². The SMILES string of the molecule is CC1=Nc2c(C)cccc2CO1. The third kappa shape index (κ3) is 1.09. The predicted octanol–water partition coefficient (Wildman–Crippen LogP) is 2.58. The Hall–Kier alpha value is -1.31. The Bertz CT molecular complexity index is 342. The van der Waals surface area contributed by atoms with Gasteiger partial charge in [-0.3, -0.25) is 0 Å². The second kappa shape index (κ2) is 2.63. The molecule has 2 heteroatoms.